The Morgan fingerprint density at radius 1 is 1.33 bits per heavy atom. The number of hydrogen-bond donors (Lipinski definition) is 1. The summed E-state index contributed by atoms with van der Waals surface area (Å²) in [6.45, 7) is 3.47. The van der Waals surface area contributed by atoms with Crippen LogP contribution >= 0.6 is 0 Å². The van der Waals surface area contributed by atoms with Gasteiger partial charge in [-0.3, -0.25) is 14.2 Å². The van der Waals surface area contributed by atoms with Crippen molar-refractivity contribution in [3.05, 3.63) is 33.2 Å². The maximum Gasteiger partial charge on any atom is 0.351 e. The van der Waals surface area contributed by atoms with Crippen molar-refractivity contribution in [2.45, 2.75) is 89.3 Å². The molecule has 1 saturated heterocycles. The number of azide groups is 1. The van der Waals surface area contributed by atoms with E-state index in [1.54, 1.807) is 0 Å². The molecular weight excluding hydrogens is 435 g/mol. The lowest BCUT2D eigenvalue weighted by molar-refractivity contribution is -0.163. The molecule has 0 spiro atoms. The van der Waals surface area contributed by atoms with Crippen molar-refractivity contribution in [2.24, 2.45) is 5.11 Å². The van der Waals surface area contributed by atoms with Gasteiger partial charge in [-0.1, -0.05) is 31.8 Å². The molecule has 0 aromatic carbocycles. The molecule has 33 heavy (non-hydrogen) atoms. The fraction of sp³-hybridized carbons (Fsp3) is 0.714. The van der Waals surface area contributed by atoms with E-state index in [-0.39, 0.29) is 37.4 Å². The summed E-state index contributed by atoms with van der Waals surface area (Å²) in [7, 11) is 0. The normalized spacial score (nSPS) is 24.3. The van der Waals surface area contributed by atoms with E-state index >= 15 is 4.39 Å². The van der Waals surface area contributed by atoms with Crippen LogP contribution in [-0.4, -0.2) is 45.7 Å². The molecule has 0 bridgehead atoms. The fourth-order valence-corrected chi connectivity index (χ4v) is 3.74. The first kappa shape index (κ1) is 26.3. The van der Waals surface area contributed by atoms with Crippen molar-refractivity contribution in [1.29, 1.82) is 0 Å². The number of carbonyl (C=O) groups excluding carboxylic acids is 2. The number of ketones is 1. The van der Waals surface area contributed by atoms with Crippen molar-refractivity contribution >= 4 is 17.6 Å². The van der Waals surface area contributed by atoms with Crippen molar-refractivity contribution in [3.63, 3.8) is 0 Å². The number of ether oxygens (including phenoxy) is 2. The van der Waals surface area contributed by atoms with E-state index in [4.69, 9.17) is 20.7 Å². The van der Waals surface area contributed by atoms with Gasteiger partial charge in [0.05, 0.1) is 6.54 Å². The van der Waals surface area contributed by atoms with Crippen molar-refractivity contribution < 1.29 is 23.5 Å². The molecule has 1 aliphatic rings. The van der Waals surface area contributed by atoms with Crippen LogP contribution in [0.25, 0.3) is 10.4 Å². The molecule has 0 radical (unpaired) electrons. The maximum absolute atomic E-state index is 15.7. The third kappa shape index (κ3) is 6.75. The summed E-state index contributed by atoms with van der Waals surface area (Å²) in [5.41, 5.74) is 11.9. The van der Waals surface area contributed by atoms with Gasteiger partial charge in [0.1, 0.15) is 17.2 Å². The Hall–Kier alpha value is -2.98. The molecule has 1 aromatic heterocycles. The van der Waals surface area contributed by atoms with E-state index in [2.05, 4.69) is 15.0 Å². The van der Waals surface area contributed by atoms with Crippen LogP contribution in [-0.2, 0) is 19.1 Å². The number of anilines is 1. The topological polar surface area (TPSA) is 162 Å². The van der Waals surface area contributed by atoms with Crippen molar-refractivity contribution in [1.82, 2.24) is 9.55 Å². The molecule has 2 heterocycles. The van der Waals surface area contributed by atoms with Gasteiger partial charge in [0.25, 0.3) is 0 Å². The number of aromatic nitrogens is 2. The van der Waals surface area contributed by atoms with Crippen molar-refractivity contribution in [3.8, 4) is 0 Å². The second-order valence-corrected chi connectivity index (χ2v) is 8.11. The molecule has 1 aliphatic heterocycles. The van der Waals surface area contributed by atoms with Crippen LogP contribution in [0.15, 0.2) is 22.2 Å². The minimum absolute atomic E-state index is 0.0122. The monoisotopic (exact) mass is 466 g/mol. The summed E-state index contributed by atoms with van der Waals surface area (Å²) >= 11 is 0. The average molecular weight is 467 g/mol. The Bertz CT molecular complexity index is 934. The van der Waals surface area contributed by atoms with Crippen LogP contribution in [0, 0.1) is 0 Å². The first-order valence-corrected chi connectivity index (χ1v) is 11.2. The zero-order valence-electron chi connectivity index (χ0n) is 19.0. The standard InChI is InChI=1S/C21H31FN6O5/c1-3-5-7-14(29)9-11-21(13-25-27-24)18(32-16(30)8-6-4-2)17(22)19(33-21)28-12-10-15(23)26-20(28)31/h10,12,17-19H,3-9,11,13H2,1-2H3,(H2,23,26,31)/t17-,18+,19-,21+/m1/s1. The molecule has 0 unspecified atom stereocenters. The number of unbranched alkanes of at least 4 members (excludes halogenated alkanes) is 2. The molecule has 4 atom stereocenters. The Morgan fingerprint density at radius 2 is 2.03 bits per heavy atom. The number of carbonyl (C=O) groups is 2. The van der Waals surface area contributed by atoms with Gasteiger partial charge in [-0.05, 0) is 30.9 Å². The van der Waals surface area contributed by atoms with Gasteiger partial charge in [-0.2, -0.15) is 4.98 Å². The zero-order chi connectivity index (χ0) is 24.4. The summed E-state index contributed by atoms with van der Waals surface area (Å²) < 4.78 is 28.0. The number of nitrogens with two attached hydrogens (primary N) is 1. The Kier molecular flexibility index (Phi) is 9.80. The van der Waals surface area contributed by atoms with Gasteiger partial charge in [0.15, 0.2) is 18.5 Å². The summed E-state index contributed by atoms with van der Waals surface area (Å²) in [4.78, 5) is 43.4. The Labute approximate surface area is 191 Å². The molecular formula is C21H31FN6O5. The van der Waals surface area contributed by atoms with Gasteiger partial charge in [-0.15, -0.1) is 0 Å². The average Bonchev–Trinajstić information content (AvgIpc) is 3.05. The SMILES string of the molecule is CCCCC(=O)CC[C@@]1(CN=[N+]=[N-])O[C@@H](n2ccc(N)nc2=O)[C@H](F)[C@@H]1OC(=O)CCCC. The maximum atomic E-state index is 15.7. The molecule has 0 amide bonds. The van der Waals surface area contributed by atoms with Crippen LogP contribution < -0.4 is 11.4 Å². The summed E-state index contributed by atoms with van der Waals surface area (Å²) in [5, 5.41) is 3.55. The van der Waals surface area contributed by atoms with Gasteiger partial charge >= 0.3 is 11.7 Å². The molecule has 1 aromatic rings. The fourth-order valence-electron chi connectivity index (χ4n) is 3.74. The number of Topliss-reactive ketones (excluding diaryl/α,β-unsaturated/α-hetero) is 1. The number of rotatable bonds is 13. The Balaban J connectivity index is 2.42. The number of alkyl halides is 1. The van der Waals surface area contributed by atoms with Gasteiger partial charge in [-0.25, -0.2) is 9.18 Å². The molecule has 1 fully saturated rings. The smallest absolute Gasteiger partial charge is 0.351 e. The number of nitrogens with zero attached hydrogens (tertiary/aromatic N) is 5. The minimum Gasteiger partial charge on any atom is -0.456 e. The highest BCUT2D eigenvalue weighted by Gasteiger charge is 2.58. The van der Waals surface area contributed by atoms with E-state index in [0.717, 1.165) is 17.4 Å². The van der Waals surface area contributed by atoms with E-state index < -0.39 is 35.8 Å². The lowest BCUT2D eigenvalue weighted by atomic mass is 9.88. The zero-order valence-corrected chi connectivity index (χ0v) is 19.0. The summed E-state index contributed by atoms with van der Waals surface area (Å²) in [6, 6.07) is 1.31. The van der Waals surface area contributed by atoms with E-state index in [9.17, 15) is 14.4 Å². The highest BCUT2D eigenvalue weighted by atomic mass is 19.1. The van der Waals surface area contributed by atoms with E-state index in [1.807, 2.05) is 13.8 Å². The summed E-state index contributed by atoms with van der Waals surface area (Å²) in [5.74, 6) is -0.754. The second kappa shape index (κ2) is 12.3. The molecule has 2 N–H and O–H groups in total. The lowest BCUT2D eigenvalue weighted by Gasteiger charge is -2.32. The second-order valence-electron chi connectivity index (χ2n) is 8.11. The highest BCUT2D eigenvalue weighted by molar-refractivity contribution is 5.78. The molecule has 11 nitrogen and oxygen atoms in total. The van der Waals surface area contributed by atoms with Gasteiger partial charge in [0.2, 0.25) is 0 Å². The third-order valence-corrected chi connectivity index (χ3v) is 5.59. The third-order valence-electron chi connectivity index (χ3n) is 5.59. The van der Waals surface area contributed by atoms with Crippen LogP contribution in [0.2, 0.25) is 0 Å². The molecule has 182 valence electrons. The Morgan fingerprint density at radius 3 is 2.67 bits per heavy atom. The number of nitrogen functional groups attached to an aromatic ring is 1. The van der Waals surface area contributed by atoms with Crippen LogP contribution in [0.1, 0.15) is 71.4 Å². The van der Waals surface area contributed by atoms with Crippen LogP contribution in [0.5, 0.6) is 0 Å². The molecule has 2 rings (SSSR count). The van der Waals surface area contributed by atoms with Crippen LogP contribution in [0.4, 0.5) is 10.2 Å². The highest BCUT2D eigenvalue weighted by Crippen LogP contribution is 2.44. The van der Waals surface area contributed by atoms with Crippen molar-refractivity contribution in [2.75, 3.05) is 12.3 Å². The first-order valence-electron chi connectivity index (χ1n) is 11.2. The summed E-state index contributed by atoms with van der Waals surface area (Å²) in [6.07, 6.45) is -0.522. The first-order chi connectivity index (χ1) is 15.8. The number of halogens is 1. The van der Waals surface area contributed by atoms with Gasteiger partial charge in [0, 0.05) is 30.4 Å². The largest absolute Gasteiger partial charge is 0.456 e. The quantitative estimate of drug-likeness (QED) is 0.201. The molecule has 0 aliphatic carbocycles. The number of esters is 1. The predicted octanol–water partition coefficient (Wildman–Crippen LogP) is 3.38. The van der Waals surface area contributed by atoms with Gasteiger partial charge < -0.3 is 15.2 Å². The van der Waals surface area contributed by atoms with E-state index in [1.165, 1.54) is 12.3 Å². The predicted molar refractivity (Wildman–Crippen MR) is 118 cm³/mol. The number of hydrogen-bond acceptors (Lipinski definition) is 8. The minimum atomic E-state index is -1.97. The molecule has 12 heteroatoms. The lowest BCUT2D eigenvalue weighted by Crippen LogP contribution is -2.48. The molecule has 0 saturated carbocycles. The van der Waals surface area contributed by atoms with E-state index in [0.29, 0.717) is 19.3 Å². The van der Waals surface area contributed by atoms with Crippen LogP contribution in [0.3, 0.4) is 0 Å².